The third-order valence-electron chi connectivity index (χ3n) is 4.47. The molecule has 0 amide bonds. The summed E-state index contributed by atoms with van der Waals surface area (Å²) in [4.78, 5) is 11.0. The van der Waals surface area contributed by atoms with Crippen molar-refractivity contribution in [3.63, 3.8) is 0 Å². The Kier molecular flexibility index (Phi) is 6.96. The minimum atomic E-state index is -4.18. The second-order valence-electron chi connectivity index (χ2n) is 6.46. The van der Waals surface area contributed by atoms with Gasteiger partial charge in [-0.15, -0.1) is 0 Å². The van der Waals surface area contributed by atoms with Crippen LogP contribution in [0.15, 0.2) is 23.1 Å². The monoisotopic (exact) mass is 389 g/mol. The van der Waals surface area contributed by atoms with Gasteiger partial charge >= 0.3 is 5.97 Å². The standard InChI is InChI=1S/C17H24FNO6S/c1-3-11(2)16(17(20)21)19-26(22,23)13-4-5-15(14(18)8-13)25-10-12-6-7-24-9-12/h4-5,8,11-12,16,19H,3,6-7,9-10H2,1-2H3,(H,20,21)/t11-,12?,16-/m0/s1. The summed E-state index contributed by atoms with van der Waals surface area (Å²) in [6.45, 7) is 4.89. The van der Waals surface area contributed by atoms with Gasteiger partial charge in [-0.2, -0.15) is 4.72 Å². The summed E-state index contributed by atoms with van der Waals surface area (Å²) in [5.41, 5.74) is 0. The first-order valence-electron chi connectivity index (χ1n) is 8.49. The van der Waals surface area contributed by atoms with Crippen LogP contribution in [0, 0.1) is 17.7 Å². The fraction of sp³-hybridized carbons (Fsp3) is 0.588. The van der Waals surface area contributed by atoms with Gasteiger partial charge in [-0.3, -0.25) is 4.79 Å². The van der Waals surface area contributed by atoms with E-state index >= 15 is 0 Å². The zero-order valence-electron chi connectivity index (χ0n) is 14.8. The van der Waals surface area contributed by atoms with Gasteiger partial charge in [-0.05, 0) is 30.5 Å². The molecule has 7 nitrogen and oxygen atoms in total. The average molecular weight is 389 g/mol. The normalized spacial score (nSPS) is 19.9. The van der Waals surface area contributed by atoms with Gasteiger partial charge in [0.15, 0.2) is 11.6 Å². The van der Waals surface area contributed by atoms with Crippen molar-refractivity contribution in [1.29, 1.82) is 0 Å². The molecule has 2 N–H and O–H groups in total. The Morgan fingerprint density at radius 2 is 2.23 bits per heavy atom. The van der Waals surface area contributed by atoms with Crippen molar-refractivity contribution in [3.05, 3.63) is 24.0 Å². The second-order valence-corrected chi connectivity index (χ2v) is 8.17. The van der Waals surface area contributed by atoms with Crippen LogP contribution in [0.3, 0.4) is 0 Å². The highest BCUT2D eigenvalue weighted by Gasteiger charge is 2.30. The lowest BCUT2D eigenvalue weighted by Crippen LogP contribution is -2.44. The minimum absolute atomic E-state index is 0.0486. The summed E-state index contributed by atoms with van der Waals surface area (Å²) in [6.07, 6.45) is 1.32. The molecule has 0 spiro atoms. The Balaban J connectivity index is 2.11. The first-order valence-corrected chi connectivity index (χ1v) is 9.98. The molecule has 0 radical (unpaired) electrons. The maximum atomic E-state index is 14.2. The fourth-order valence-electron chi connectivity index (χ4n) is 2.57. The second kappa shape index (κ2) is 8.79. The van der Waals surface area contributed by atoms with Crippen LogP contribution in [-0.2, 0) is 19.6 Å². The number of hydrogen-bond donors (Lipinski definition) is 2. The summed E-state index contributed by atoms with van der Waals surface area (Å²) in [7, 11) is -4.18. The zero-order chi connectivity index (χ0) is 19.3. The van der Waals surface area contributed by atoms with Crippen molar-refractivity contribution >= 4 is 16.0 Å². The summed E-state index contributed by atoms with van der Waals surface area (Å²) >= 11 is 0. The summed E-state index contributed by atoms with van der Waals surface area (Å²) in [6, 6.07) is 1.98. The van der Waals surface area contributed by atoms with E-state index in [0.717, 1.165) is 12.5 Å². The van der Waals surface area contributed by atoms with Crippen LogP contribution in [0.2, 0.25) is 0 Å². The molecule has 1 saturated heterocycles. The van der Waals surface area contributed by atoms with Gasteiger partial charge in [0.25, 0.3) is 0 Å². The zero-order valence-corrected chi connectivity index (χ0v) is 15.6. The molecule has 0 bridgehead atoms. The number of carboxylic acids is 1. The summed E-state index contributed by atoms with van der Waals surface area (Å²) < 4.78 is 51.8. The van der Waals surface area contributed by atoms with Crippen molar-refractivity contribution in [2.75, 3.05) is 19.8 Å². The van der Waals surface area contributed by atoms with E-state index in [2.05, 4.69) is 4.72 Å². The molecule has 0 aliphatic carbocycles. The number of rotatable bonds is 9. The number of ether oxygens (including phenoxy) is 2. The number of sulfonamides is 1. The van der Waals surface area contributed by atoms with E-state index in [1.807, 2.05) is 0 Å². The van der Waals surface area contributed by atoms with E-state index < -0.39 is 33.8 Å². The molecule has 1 unspecified atom stereocenters. The van der Waals surface area contributed by atoms with Gasteiger partial charge in [-0.25, -0.2) is 12.8 Å². The molecule has 9 heteroatoms. The van der Waals surface area contributed by atoms with Crippen molar-refractivity contribution in [3.8, 4) is 5.75 Å². The predicted octanol–water partition coefficient (Wildman–Crippen LogP) is 2.02. The van der Waals surface area contributed by atoms with Crippen molar-refractivity contribution in [1.82, 2.24) is 4.72 Å². The highest BCUT2D eigenvalue weighted by atomic mass is 32.2. The van der Waals surface area contributed by atoms with E-state index in [9.17, 15) is 22.7 Å². The molecule has 0 saturated carbocycles. The lowest BCUT2D eigenvalue weighted by atomic mass is 10.0. The number of hydrogen-bond acceptors (Lipinski definition) is 5. The number of aliphatic carboxylic acids is 1. The Morgan fingerprint density at radius 1 is 1.50 bits per heavy atom. The molecular weight excluding hydrogens is 365 g/mol. The van der Waals surface area contributed by atoms with Crippen LogP contribution in [0.1, 0.15) is 26.7 Å². The number of nitrogens with one attached hydrogen (secondary N) is 1. The molecule has 1 fully saturated rings. The van der Waals surface area contributed by atoms with Gasteiger partial charge in [0.1, 0.15) is 6.04 Å². The smallest absolute Gasteiger partial charge is 0.322 e. The van der Waals surface area contributed by atoms with Gasteiger partial charge in [0, 0.05) is 12.5 Å². The molecule has 1 aromatic rings. The van der Waals surface area contributed by atoms with Crippen LogP contribution in [0.25, 0.3) is 0 Å². The lowest BCUT2D eigenvalue weighted by molar-refractivity contribution is -0.140. The predicted molar refractivity (Wildman–Crippen MR) is 92.0 cm³/mol. The molecule has 1 aliphatic heterocycles. The van der Waals surface area contributed by atoms with Gasteiger partial charge < -0.3 is 14.6 Å². The van der Waals surface area contributed by atoms with Gasteiger partial charge in [0.05, 0.1) is 18.1 Å². The van der Waals surface area contributed by atoms with E-state index in [4.69, 9.17) is 9.47 Å². The summed E-state index contributed by atoms with van der Waals surface area (Å²) in [5.74, 6) is -2.37. The Morgan fingerprint density at radius 3 is 2.77 bits per heavy atom. The molecular formula is C17H24FNO6S. The minimum Gasteiger partial charge on any atom is -0.490 e. The molecule has 1 heterocycles. The van der Waals surface area contributed by atoms with Gasteiger partial charge in [-0.1, -0.05) is 20.3 Å². The van der Waals surface area contributed by atoms with Crippen LogP contribution in [0.5, 0.6) is 5.75 Å². The maximum absolute atomic E-state index is 14.2. The maximum Gasteiger partial charge on any atom is 0.322 e. The van der Waals surface area contributed by atoms with E-state index in [1.54, 1.807) is 13.8 Å². The first-order chi connectivity index (χ1) is 12.2. The third kappa shape index (κ3) is 5.15. The Bertz CT molecular complexity index is 733. The molecule has 1 aliphatic rings. The topological polar surface area (TPSA) is 102 Å². The number of carbonyl (C=O) groups is 1. The number of carboxylic acid groups (broad SMARTS) is 1. The number of benzene rings is 1. The summed E-state index contributed by atoms with van der Waals surface area (Å²) in [5, 5.41) is 9.23. The molecule has 146 valence electrons. The highest BCUT2D eigenvalue weighted by molar-refractivity contribution is 7.89. The average Bonchev–Trinajstić information content (AvgIpc) is 3.11. The van der Waals surface area contributed by atoms with Gasteiger partial charge in [0.2, 0.25) is 10.0 Å². The lowest BCUT2D eigenvalue weighted by Gasteiger charge is -2.20. The van der Waals surface area contributed by atoms with Crippen LogP contribution in [-0.4, -0.2) is 45.4 Å². The molecule has 2 rings (SSSR count). The van der Waals surface area contributed by atoms with E-state index in [-0.39, 0.29) is 23.2 Å². The van der Waals surface area contributed by atoms with Crippen molar-refractivity contribution in [2.45, 2.75) is 37.6 Å². The Hall–Kier alpha value is -1.71. The third-order valence-corrected chi connectivity index (χ3v) is 5.91. The number of halogens is 1. The Labute approximate surface area is 152 Å². The van der Waals surface area contributed by atoms with Crippen LogP contribution in [0.4, 0.5) is 4.39 Å². The van der Waals surface area contributed by atoms with Crippen LogP contribution >= 0.6 is 0 Å². The first kappa shape index (κ1) is 20.6. The quantitative estimate of drug-likeness (QED) is 0.670. The van der Waals surface area contributed by atoms with Crippen molar-refractivity contribution < 1.29 is 32.2 Å². The fourth-order valence-corrected chi connectivity index (χ4v) is 3.88. The molecule has 3 atom stereocenters. The highest BCUT2D eigenvalue weighted by Crippen LogP contribution is 2.23. The molecule has 1 aromatic carbocycles. The van der Waals surface area contributed by atoms with Crippen LogP contribution < -0.4 is 9.46 Å². The SMILES string of the molecule is CC[C@H](C)[C@H](NS(=O)(=O)c1ccc(OCC2CCOC2)c(F)c1)C(=O)O. The molecule has 0 aromatic heterocycles. The van der Waals surface area contributed by atoms with Crippen molar-refractivity contribution in [2.24, 2.45) is 11.8 Å². The van der Waals surface area contributed by atoms with E-state index in [0.29, 0.717) is 19.6 Å². The largest absolute Gasteiger partial charge is 0.490 e. The molecule has 26 heavy (non-hydrogen) atoms. The van der Waals surface area contributed by atoms with E-state index in [1.165, 1.54) is 12.1 Å².